The SMILES string of the molecule is O=NCCC(O)(O)c1ccccc1. The van der Waals surface area contributed by atoms with Gasteiger partial charge in [0.25, 0.3) is 0 Å². The van der Waals surface area contributed by atoms with Gasteiger partial charge in [-0.3, -0.25) is 0 Å². The normalized spacial score (nSPS) is 11.2. The van der Waals surface area contributed by atoms with Gasteiger partial charge >= 0.3 is 0 Å². The molecule has 4 heteroatoms. The van der Waals surface area contributed by atoms with Crippen molar-refractivity contribution in [2.75, 3.05) is 6.54 Å². The highest BCUT2D eigenvalue weighted by Gasteiger charge is 2.24. The fraction of sp³-hybridized carbons (Fsp3) is 0.333. The second kappa shape index (κ2) is 4.11. The van der Waals surface area contributed by atoms with Gasteiger partial charge in [0, 0.05) is 12.0 Å². The lowest BCUT2D eigenvalue weighted by Gasteiger charge is -2.20. The fourth-order valence-corrected chi connectivity index (χ4v) is 1.05. The lowest BCUT2D eigenvalue weighted by molar-refractivity contribution is -0.172. The molecule has 70 valence electrons. The maximum absolute atomic E-state index is 9.81. The van der Waals surface area contributed by atoms with E-state index in [-0.39, 0.29) is 13.0 Å². The first kappa shape index (κ1) is 9.83. The molecule has 0 spiro atoms. The van der Waals surface area contributed by atoms with Gasteiger partial charge in [-0.1, -0.05) is 35.5 Å². The number of hydrogen-bond donors (Lipinski definition) is 2. The topological polar surface area (TPSA) is 69.9 Å². The standard InChI is InChI=1S/C9H11NO3/c11-9(12,6-7-10-13)8-4-2-1-3-5-8/h1-5,11-12H,6-7H2. The van der Waals surface area contributed by atoms with Crippen LogP contribution in [0, 0.1) is 4.91 Å². The first-order valence-electron chi connectivity index (χ1n) is 3.96. The van der Waals surface area contributed by atoms with E-state index in [9.17, 15) is 15.1 Å². The van der Waals surface area contributed by atoms with E-state index in [1.165, 1.54) is 0 Å². The van der Waals surface area contributed by atoms with E-state index in [2.05, 4.69) is 5.18 Å². The molecule has 0 aromatic heterocycles. The predicted molar refractivity (Wildman–Crippen MR) is 47.8 cm³/mol. The van der Waals surface area contributed by atoms with Crippen molar-refractivity contribution >= 4 is 0 Å². The Kier molecular flexibility index (Phi) is 3.11. The minimum Gasteiger partial charge on any atom is -0.362 e. The molecule has 0 saturated heterocycles. The Morgan fingerprint density at radius 1 is 1.23 bits per heavy atom. The van der Waals surface area contributed by atoms with Gasteiger partial charge in [0.1, 0.15) is 0 Å². The molecular weight excluding hydrogens is 170 g/mol. The van der Waals surface area contributed by atoms with Crippen molar-refractivity contribution < 1.29 is 10.2 Å². The minimum atomic E-state index is -1.95. The largest absolute Gasteiger partial charge is 0.362 e. The third-order valence-electron chi connectivity index (χ3n) is 1.79. The summed E-state index contributed by atoms with van der Waals surface area (Å²) in [5.41, 5.74) is 0.374. The van der Waals surface area contributed by atoms with E-state index in [0.29, 0.717) is 5.56 Å². The quantitative estimate of drug-likeness (QED) is 0.537. The van der Waals surface area contributed by atoms with Crippen LogP contribution in [0.2, 0.25) is 0 Å². The van der Waals surface area contributed by atoms with Crippen LogP contribution >= 0.6 is 0 Å². The van der Waals surface area contributed by atoms with Gasteiger partial charge in [-0.2, -0.15) is 4.91 Å². The molecule has 0 aliphatic heterocycles. The Balaban J connectivity index is 2.74. The summed E-state index contributed by atoms with van der Waals surface area (Å²) in [6.45, 7) is -0.109. The zero-order chi connectivity index (χ0) is 9.73. The third kappa shape index (κ3) is 2.61. The van der Waals surface area contributed by atoms with E-state index >= 15 is 0 Å². The second-order valence-electron chi connectivity index (χ2n) is 2.79. The summed E-state index contributed by atoms with van der Waals surface area (Å²) in [6, 6.07) is 8.35. The molecule has 0 heterocycles. The van der Waals surface area contributed by atoms with Crippen LogP contribution in [0.1, 0.15) is 12.0 Å². The van der Waals surface area contributed by atoms with Crippen LogP contribution in [0.3, 0.4) is 0 Å². The molecule has 0 amide bonds. The number of nitroso groups, excluding NO2 is 1. The molecule has 0 saturated carbocycles. The van der Waals surface area contributed by atoms with Gasteiger partial charge in [-0.25, -0.2) is 0 Å². The van der Waals surface area contributed by atoms with Crippen molar-refractivity contribution in [1.29, 1.82) is 0 Å². The lowest BCUT2D eigenvalue weighted by Crippen LogP contribution is -2.25. The molecule has 1 aromatic carbocycles. The summed E-state index contributed by atoms with van der Waals surface area (Å²) >= 11 is 0. The van der Waals surface area contributed by atoms with Crippen molar-refractivity contribution in [3.63, 3.8) is 0 Å². The van der Waals surface area contributed by atoms with Gasteiger partial charge in [0.2, 0.25) is 0 Å². The highest BCUT2D eigenvalue weighted by molar-refractivity contribution is 5.19. The highest BCUT2D eigenvalue weighted by atomic mass is 16.5. The number of rotatable bonds is 4. The van der Waals surface area contributed by atoms with Crippen molar-refractivity contribution in [1.82, 2.24) is 0 Å². The molecule has 0 atom stereocenters. The molecule has 0 unspecified atom stereocenters. The third-order valence-corrected chi connectivity index (χ3v) is 1.79. The molecule has 13 heavy (non-hydrogen) atoms. The predicted octanol–water partition coefficient (Wildman–Crippen LogP) is 0.980. The summed E-state index contributed by atoms with van der Waals surface area (Å²) in [5.74, 6) is -1.95. The smallest absolute Gasteiger partial charge is 0.191 e. The van der Waals surface area contributed by atoms with Crippen molar-refractivity contribution in [3.8, 4) is 0 Å². The van der Waals surface area contributed by atoms with Gasteiger partial charge in [-0.15, -0.1) is 0 Å². The first-order valence-corrected chi connectivity index (χ1v) is 3.96. The maximum Gasteiger partial charge on any atom is 0.191 e. The molecule has 0 radical (unpaired) electrons. The number of nitrogens with zero attached hydrogens (tertiary/aromatic N) is 1. The van der Waals surface area contributed by atoms with Crippen molar-refractivity contribution in [3.05, 3.63) is 40.8 Å². The van der Waals surface area contributed by atoms with Crippen LogP contribution < -0.4 is 0 Å². The maximum atomic E-state index is 9.81. The molecule has 0 bridgehead atoms. The molecule has 0 aliphatic carbocycles. The average Bonchev–Trinajstić information content (AvgIpc) is 2.16. The summed E-state index contributed by atoms with van der Waals surface area (Å²) in [4.78, 5) is 9.81. The minimum absolute atomic E-state index is 0.0828. The van der Waals surface area contributed by atoms with Crippen LogP contribution in [0.15, 0.2) is 35.5 Å². The van der Waals surface area contributed by atoms with Gasteiger partial charge in [-0.05, 0) is 0 Å². The van der Waals surface area contributed by atoms with E-state index in [0.717, 1.165) is 0 Å². The highest BCUT2D eigenvalue weighted by Crippen LogP contribution is 2.20. The fourth-order valence-electron chi connectivity index (χ4n) is 1.05. The number of aliphatic hydroxyl groups is 2. The van der Waals surface area contributed by atoms with Crippen LogP contribution in [-0.2, 0) is 5.79 Å². The Morgan fingerprint density at radius 2 is 1.85 bits per heavy atom. The molecule has 1 rings (SSSR count). The molecule has 4 nitrogen and oxygen atoms in total. The summed E-state index contributed by atoms with van der Waals surface area (Å²) in [6.07, 6.45) is -0.0828. The zero-order valence-corrected chi connectivity index (χ0v) is 7.05. The van der Waals surface area contributed by atoms with E-state index in [4.69, 9.17) is 0 Å². The lowest BCUT2D eigenvalue weighted by atomic mass is 10.0. The van der Waals surface area contributed by atoms with Gasteiger partial charge in [0.05, 0.1) is 6.54 Å². The Labute approximate surface area is 75.8 Å². The van der Waals surface area contributed by atoms with E-state index in [1.54, 1.807) is 30.3 Å². The van der Waals surface area contributed by atoms with Crippen LogP contribution in [0.4, 0.5) is 0 Å². The van der Waals surface area contributed by atoms with Crippen LogP contribution in [-0.4, -0.2) is 16.8 Å². The van der Waals surface area contributed by atoms with Crippen LogP contribution in [0.5, 0.6) is 0 Å². The Hall–Kier alpha value is -1.26. The summed E-state index contributed by atoms with van der Waals surface area (Å²) in [7, 11) is 0. The number of benzene rings is 1. The van der Waals surface area contributed by atoms with E-state index in [1.807, 2.05) is 0 Å². The molecule has 1 aromatic rings. The molecule has 2 N–H and O–H groups in total. The van der Waals surface area contributed by atoms with Gasteiger partial charge in [0.15, 0.2) is 5.79 Å². The van der Waals surface area contributed by atoms with Crippen LogP contribution in [0.25, 0.3) is 0 Å². The summed E-state index contributed by atoms with van der Waals surface area (Å²) < 4.78 is 0. The second-order valence-corrected chi connectivity index (χ2v) is 2.79. The first-order chi connectivity index (χ1) is 6.17. The zero-order valence-electron chi connectivity index (χ0n) is 7.05. The van der Waals surface area contributed by atoms with Crippen molar-refractivity contribution in [2.24, 2.45) is 5.18 Å². The van der Waals surface area contributed by atoms with Gasteiger partial charge < -0.3 is 10.2 Å². The van der Waals surface area contributed by atoms with Crippen molar-refractivity contribution in [2.45, 2.75) is 12.2 Å². The van der Waals surface area contributed by atoms with E-state index < -0.39 is 5.79 Å². The Bertz CT molecular complexity index is 271. The Morgan fingerprint density at radius 3 is 2.38 bits per heavy atom. The molecular formula is C9H11NO3. The number of hydrogen-bond acceptors (Lipinski definition) is 4. The average molecular weight is 181 g/mol. The molecule has 0 aliphatic rings. The molecule has 0 fully saturated rings. The monoisotopic (exact) mass is 181 g/mol. The summed E-state index contributed by atoms with van der Waals surface area (Å²) in [5, 5.41) is 21.5.